The lowest BCUT2D eigenvalue weighted by Gasteiger charge is -2.54. The number of cyclic esters (lactones) is 1. The second kappa shape index (κ2) is 7.58. The Morgan fingerprint density at radius 3 is 2.79 bits per heavy atom. The number of furan rings is 1. The van der Waals surface area contributed by atoms with Crippen LogP contribution in [-0.4, -0.2) is 65.5 Å². The van der Waals surface area contributed by atoms with E-state index in [-0.39, 0.29) is 42.3 Å². The summed E-state index contributed by atoms with van der Waals surface area (Å²) in [4.78, 5) is 40.5. The lowest BCUT2D eigenvalue weighted by atomic mass is 9.74. The number of esters is 1. The van der Waals surface area contributed by atoms with Crippen molar-refractivity contribution < 1.29 is 28.3 Å². The summed E-state index contributed by atoms with van der Waals surface area (Å²) in [6.07, 6.45) is 4.26. The fourth-order valence-corrected chi connectivity index (χ4v) is 4.20. The maximum absolute atomic E-state index is 13.0. The molecule has 3 heterocycles. The van der Waals surface area contributed by atoms with Crippen molar-refractivity contribution in [3.63, 3.8) is 0 Å². The van der Waals surface area contributed by atoms with Crippen molar-refractivity contribution in [3.8, 4) is 0 Å². The summed E-state index contributed by atoms with van der Waals surface area (Å²) in [7, 11) is 1.72. The van der Waals surface area contributed by atoms with Crippen LogP contribution in [0, 0.1) is 0 Å². The van der Waals surface area contributed by atoms with Gasteiger partial charge in [-0.2, -0.15) is 0 Å². The first-order valence-corrected chi connectivity index (χ1v) is 9.86. The van der Waals surface area contributed by atoms with E-state index in [1.54, 1.807) is 24.3 Å². The van der Waals surface area contributed by atoms with Crippen LogP contribution < -0.4 is 0 Å². The van der Waals surface area contributed by atoms with E-state index in [0.29, 0.717) is 31.9 Å². The Morgan fingerprint density at radius 1 is 1.36 bits per heavy atom. The molecule has 2 saturated heterocycles. The molecule has 2 aliphatic heterocycles. The molecule has 152 valence electrons. The fraction of sp³-hybridized carbons (Fsp3) is 0.650. The number of rotatable bonds is 5. The summed E-state index contributed by atoms with van der Waals surface area (Å²) in [5.41, 5.74) is -0.300. The SMILES string of the molecule is CN(Cc1ccco1)C(=O)CC1CN(C(=O)[C@@H]2CCC(=O)O2)C2(CCC2)CO1. The van der Waals surface area contributed by atoms with Crippen LogP contribution in [0.15, 0.2) is 22.8 Å². The Hall–Kier alpha value is -2.35. The van der Waals surface area contributed by atoms with Crippen molar-refractivity contribution in [2.75, 3.05) is 20.2 Å². The van der Waals surface area contributed by atoms with Crippen LogP contribution in [0.4, 0.5) is 0 Å². The molecular weight excluding hydrogens is 364 g/mol. The van der Waals surface area contributed by atoms with Crippen molar-refractivity contribution in [1.29, 1.82) is 0 Å². The monoisotopic (exact) mass is 390 g/mol. The Balaban J connectivity index is 1.38. The molecule has 8 heteroatoms. The van der Waals surface area contributed by atoms with E-state index in [1.807, 2.05) is 11.0 Å². The third kappa shape index (κ3) is 3.65. The Morgan fingerprint density at radius 2 is 2.18 bits per heavy atom. The van der Waals surface area contributed by atoms with Crippen LogP contribution in [0.5, 0.6) is 0 Å². The van der Waals surface area contributed by atoms with Gasteiger partial charge in [0.05, 0.1) is 37.5 Å². The van der Waals surface area contributed by atoms with Crippen molar-refractivity contribution >= 4 is 17.8 Å². The second-order valence-corrected chi connectivity index (χ2v) is 8.01. The molecule has 8 nitrogen and oxygen atoms in total. The van der Waals surface area contributed by atoms with Gasteiger partial charge in [0.2, 0.25) is 5.91 Å². The summed E-state index contributed by atoms with van der Waals surface area (Å²) < 4.78 is 16.5. The largest absolute Gasteiger partial charge is 0.467 e. The Labute approximate surface area is 163 Å². The smallest absolute Gasteiger partial charge is 0.306 e. The van der Waals surface area contributed by atoms with Gasteiger partial charge in [0.15, 0.2) is 6.10 Å². The molecular formula is C20H26N2O6. The van der Waals surface area contributed by atoms with Crippen molar-refractivity contribution in [2.45, 2.75) is 62.8 Å². The third-order valence-electron chi connectivity index (χ3n) is 6.06. The number of nitrogens with zero attached hydrogens (tertiary/aromatic N) is 2. The molecule has 3 fully saturated rings. The van der Waals surface area contributed by atoms with Crippen LogP contribution >= 0.6 is 0 Å². The van der Waals surface area contributed by atoms with Gasteiger partial charge in [0.1, 0.15) is 5.76 Å². The van der Waals surface area contributed by atoms with Gasteiger partial charge >= 0.3 is 5.97 Å². The minimum absolute atomic E-state index is 0.0642. The highest BCUT2D eigenvalue weighted by atomic mass is 16.6. The normalized spacial score (nSPS) is 26.0. The zero-order valence-electron chi connectivity index (χ0n) is 16.1. The van der Waals surface area contributed by atoms with E-state index in [4.69, 9.17) is 13.9 Å². The lowest BCUT2D eigenvalue weighted by molar-refractivity contribution is -0.182. The molecule has 3 aliphatic rings. The molecule has 4 rings (SSSR count). The zero-order valence-corrected chi connectivity index (χ0v) is 16.1. The molecule has 1 aromatic heterocycles. The van der Waals surface area contributed by atoms with Gasteiger partial charge in [-0.1, -0.05) is 0 Å². The molecule has 0 N–H and O–H groups in total. The molecule has 0 aromatic carbocycles. The van der Waals surface area contributed by atoms with Gasteiger partial charge < -0.3 is 23.7 Å². The first-order chi connectivity index (χ1) is 13.5. The highest BCUT2D eigenvalue weighted by Gasteiger charge is 2.51. The molecule has 1 spiro atoms. The van der Waals surface area contributed by atoms with E-state index in [0.717, 1.165) is 19.3 Å². The second-order valence-electron chi connectivity index (χ2n) is 8.01. The molecule has 1 saturated carbocycles. The van der Waals surface area contributed by atoms with Gasteiger partial charge in [0.25, 0.3) is 5.91 Å². The number of hydrogen-bond acceptors (Lipinski definition) is 6. The molecule has 0 bridgehead atoms. The minimum atomic E-state index is -0.693. The van der Waals surface area contributed by atoms with Gasteiger partial charge in [-0.25, -0.2) is 0 Å². The van der Waals surface area contributed by atoms with Crippen molar-refractivity contribution in [1.82, 2.24) is 9.80 Å². The highest BCUT2D eigenvalue weighted by Crippen LogP contribution is 2.42. The first-order valence-electron chi connectivity index (χ1n) is 9.86. The van der Waals surface area contributed by atoms with Crippen LogP contribution in [-0.2, 0) is 30.4 Å². The van der Waals surface area contributed by atoms with E-state index < -0.39 is 6.10 Å². The molecule has 1 aliphatic carbocycles. The van der Waals surface area contributed by atoms with E-state index in [9.17, 15) is 14.4 Å². The van der Waals surface area contributed by atoms with Crippen LogP contribution in [0.1, 0.15) is 44.3 Å². The molecule has 1 aromatic rings. The number of ether oxygens (including phenoxy) is 2. The Kier molecular flexibility index (Phi) is 5.14. The summed E-state index contributed by atoms with van der Waals surface area (Å²) in [5, 5.41) is 0. The minimum Gasteiger partial charge on any atom is -0.467 e. The third-order valence-corrected chi connectivity index (χ3v) is 6.06. The average molecular weight is 390 g/mol. The molecule has 28 heavy (non-hydrogen) atoms. The predicted octanol–water partition coefficient (Wildman–Crippen LogP) is 1.48. The molecule has 1 unspecified atom stereocenters. The van der Waals surface area contributed by atoms with Gasteiger partial charge in [-0.3, -0.25) is 14.4 Å². The summed E-state index contributed by atoms with van der Waals surface area (Å²) in [6, 6.07) is 3.61. The fourth-order valence-electron chi connectivity index (χ4n) is 4.20. The topological polar surface area (TPSA) is 89.3 Å². The van der Waals surface area contributed by atoms with E-state index in [2.05, 4.69) is 0 Å². The van der Waals surface area contributed by atoms with Crippen LogP contribution in [0.3, 0.4) is 0 Å². The number of amides is 2. The highest BCUT2D eigenvalue weighted by molar-refractivity contribution is 5.87. The molecule has 2 atom stereocenters. The number of morpholine rings is 1. The van der Waals surface area contributed by atoms with Crippen LogP contribution in [0.2, 0.25) is 0 Å². The predicted molar refractivity (Wildman–Crippen MR) is 96.9 cm³/mol. The summed E-state index contributed by atoms with van der Waals surface area (Å²) >= 11 is 0. The van der Waals surface area contributed by atoms with Gasteiger partial charge in [-0.15, -0.1) is 0 Å². The van der Waals surface area contributed by atoms with Crippen molar-refractivity contribution in [3.05, 3.63) is 24.2 Å². The molecule has 0 radical (unpaired) electrons. The van der Waals surface area contributed by atoms with Gasteiger partial charge in [-0.05, 0) is 31.4 Å². The average Bonchev–Trinajstić information content (AvgIpc) is 3.31. The number of hydrogen-bond donors (Lipinski definition) is 0. The summed E-state index contributed by atoms with van der Waals surface area (Å²) in [6.45, 7) is 1.18. The number of carbonyl (C=O) groups excluding carboxylic acids is 3. The number of carbonyl (C=O) groups is 3. The Bertz CT molecular complexity index is 742. The quantitative estimate of drug-likeness (QED) is 0.708. The maximum atomic E-state index is 13.0. The van der Waals surface area contributed by atoms with Crippen molar-refractivity contribution in [2.24, 2.45) is 0 Å². The maximum Gasteiger partial charge on any atom is 0.306 e. The van der Waals surface area contributed by atoms with E-state index >= 15 is 0 Å². The lowest BCUT2D eigenvalue weighted by Crippen LogP contribution is -2.66. The standard InChI is InChI=1S/C20H26N2O6/c1-21(11-14-4-2-9-26-14)17(23)10-15-12-22(20(13-27-15)7-3-8-20)19(25)16-5-6-18(24)28-16/h2,4,9,15-16H,3,5-8,10-13H2,1H3/t15?,16-/m0/s1. The zero-order chi connectivity index (χ0) is 19.7. The first kappa shape index (κ1) is 19.0. The summed E-state index contributed by atoms with van der Waals surface area (Å²) in [5.74, 6) is 0.190. The van der Waals surface area contributed by atoms with Crippen LogP contribution in [0.25, 0.3) is 0 Å². The molecule has 2 amide bonds. The van der Waals surface area contributed by atoms with Gasteiger partial charge in [0, 0.05) is 26.4 Å². The van der Waals surface area contributed by atoms with E-state index in [1.165, 1.54) is 0 Å².